The zero-order chi connectivity index (χ0) is 13.5. The molecule has 1 N–H and O–H groups in total. The fraction of sp³-hybridized carbons (Fsp3) is 0.312. The number of aryl methyl sites for hydroxylation is 2. The van der Waals surface area contributed by atoms with Crippen LogP contribution in [0.4, 0.5) is 0 Å². The van der Waals surface area contributed by atoms with Crippen LogP contribution in [0.1, 0.15) is 16.8 Å². The third kappa shape index (κ3) is 4.69. The summed E-state index contributed by atoms with van der Waals surface area (Å²) in [7, 11) is 0. The summed E-state index contributed by atoms with van der Waals surface area (Å²) in [5.74, 6) is 1.08. The lowest BCUT2D eigenvalue weighted by Crippen LogP contribution is -2.17. The summed E-state index contributed by atoms with van der Waals surface area (Å²) < 4.78 is 0. The maximum atomic E-state index is 4.29. The van der Waals surface area contributed by atoms with Crippen molar-refractivity contribution in [1.82, 2.24) is 10.3 Å². The molecular formula is C16H20N2S. The van der Waals surface area contributed by atoms with E-state index in [9.17, 15) is 0 Å². The first-order valence-corrected chi connectivity index (χ1v) is 7.55. The van der Waals surface area contributed by atoms with Crippen molar-refractivity contribution in [3.8, 4) is 0 Å². The maximum Gasteiger partial charge on any atom is 0.0541 e. The van der Waals surface area contributed by atoms with E-state index in [0.717, 1.165) is 24.5 Å². The molecular weight excluding hydrogens is 252 g/mol. The van der Waals surface area contributed by atoms with E-state index in [1.54, 1.807) is 0 Å². The molecule has 0 spiro atoms. The average molecular weight is 272 g/mol. The normalized spacial score (nSPS) is 10.6. The van der Waals surface area contributed by atoms with Gasteiger partial charge in [-0.25, -0.2) is 0 Å². The van der Waals surface area contributed by atoms with Crippen molar-refractivity contribution in [2.45, 2.75) is 25.3 Å². The first kappa shape index (κ1) is 14.1. The van der Waals surface area contributed by atoms with E-state index in [1.165, 1.54) is 16.0 Å². The third-order valence-corrected chi connectivity index (χ3v) is 4.08. The molecule has 100 valence electrons. The lowest BCUT2D eigenvalue weighted by Gasteiger charge is -2.07. The van der Waals surface area contributed by atoms with E-state index < -0.39 is 0 Å². The van der Waals surface area contributed by atoms with Gasteiger partial charge in [-0.15, -0.1) is 11.8 Å². The molecule has 1 aromatic carbocycles. The minimum atomic E-state index is 0.842. The van der Waals surface area contributed by atoms with Crippen LogP contribution in [0.15, 0.2) is 47.5 Å². The van der Waals surface area contributed by atoms with Crippen LogP contribution >= 0.6 is 11.8 Å². The Hall–Kier alpha value is -1.32. The minimum absolute atomic E-state index is 0.842. The van der Waals surface area contributed by atoms with Gasteiger partial charge in [0.25, 0.3) is 0 Å². The molecule has 0 radical (unpaired) electrons. The van der Waals surface area contributed by atoms with Crippen molar-refractivity contribution >= 4 is 11.8 Å². The Bertz CT molecular complexity index is 511. The average Bonchev–Trinajstić information content (AvgIpc) is 2.42. The number of thioether (sulfide) groups is 1. The van der Waals surface area contributed by atoms with Crippen molar-refractivity contribution in [3.63, 3.8) is 0 Å². The Morgan fingerprint density at radius 2 is 2.05 bits per heavy atom. The molecule has 1 heterocycles. The van der Waals surface area contributed by atoms with E-state index in [2.05, 4.69) is 42.3 Å². The SMILES string of the molecule is Cc1ccc(SCCNCc2ccccn2)c(C)c1. The van der Waals surface area contributed by atoms with Gasteiger partial charge in [-0.2, -0.15) is 0 Å². The number of pyridine rings is 1. The molecule has 0 bridgehead atoms. The van der Waals surface area contributed by atoms with Crippen LogP contribution in [0.3, 0.4) is 0 Å². The topological polar surface area (TPSA) is 24.9 Å². The molecule has 0 aliphatic carbocycles. The molecule has 0 fully saturated rings. The van der Waals surface area contributed by atoms with E-state index in [4.69, 9.17) is 0 Å². The molecule has 0 saturated heterocycles. The summed E-state index contributed by atoms with van der Waals surface area (Å²) in [4.78, 5) is 5.67. The monoisotopic (exact) mass is 272 g/mol. The van der Waals surface area contributed by atoms with Crippen molar-refractivity contribution in [2.24, 2.45) is 0 Å². The number of nitrogens with zero attached hydrogens (tertiary/aromatic N) is 1. The van der Waals surface area contributed by atoms with Crippen LogP contribution in [-0.4, -0.2) is 17.3 Å². The summed E-state index contributed by atoms with van der Waals surface area (Å²) in [5.41, 5.74) is 3.80. The zero-order valence-electron chi connectivity index (χ0n) is 11.5. The number of hydrogen-bond donors (Lipinski definition) is 1. The van der Waals surface area contributed by atoms with Crippen molar-refractivity contribution < 1.29 is 0 Å². The van der Waals surface area contributed by atoms with Crippen LogP contribution < -0.4 is 5.32 Å². The second-order valence-corrected chi connectivity index (χ2v) is 5.75. The second-order valence-electron chi connectivity index (χ2n) is 4.62. The number of hydrogen-bond acceptors (Lipinski definition) is 3. The Kier molecular flexibility index (Phi) is 5.43. The maximum absolute atomic E-state index is 4.29. The van der Waals surface area contributed by atoms with Gasteiger partial charge in [0.05, 0.1) is 5.69 Å². The largest absolute Gasteiger partial charge is 0.310 e. The van der Waals surface area contributed by atoms with Crippen LogP contribution in [0, 0.1) is 13.8 Å². The molecule has 0 atom stereocenters. The Labute approximate surface area is 119 Å². The van der Waals surface area contributed by atoms with E-state index in [-0.39, 0.29) is 0 Å². The van der Waals surface area contributed by atoms with Gasteiger partial charge >= 0.3 is 0 Å². The Morgan fingerprint density at radius 1 is 1.16 bits per heavy atom. The van der Waals surface area contributed by atoms with Crippen LogP contribution in [-0.2, 0) is 6.54 Å². The van der Waals surface area contributed by atoms with E-state index in [1.807, 2.05) is 36.2 Å². The van der Waals surface area contributed by atoms with Crippen molar-refractivity contribution in [1.29, 1.82) is 0 Å². The van der Waals surface area contributed by atoms with Gasteiger partial charge in [0.1, 0.15) is 0 Å². The Morgan fingerprint density at radius 3 is 2.79 bits per heavy atom. The molecule has 2 rings (SSSR count). The molecule has 0 saturated carbocycles. The summed E-state index contributed by atoms with van der Waals surface area (Å²) in [5, 5.41) is 3.42. The van der Waals surface area contributed by atoms with Gasteiger partial charge in [0.15, 0.2) is 0 Å². The van der Waals surface area contributed by atoms with Gasteiger partial charge in [-0.3, -0.25) is 4.98 Å². The quantitative estimate of drug-likeness (QED) is 0.642. The first-order chi connectivity index (χ1) is 9.25. The molecule has 19 heavy (non-hydrogen) atoms. The van der Waals surface area contributed by atoms with Crippen LogP contribution in [0.2, 0.25) is 0 Å². The molecule has 0 amide bonds. The smallest absolute Gasteiger partial charge is 0.0541 e. The van der Waals surface area contributed by atoms with Gasteiger partial charge < -0.3 is 5.32 Å². The predicted octanol–water partition coefficient (Wildman–Crippen LogP) is 3.58. The highest BCUT2D eigenvalue weighted by atomic mass is 32.2. The summed E-state index contributed by atoms with van der Waals surface area (Å²) >= 11 is 1.91. The lowest BCUT2D eigenvalue weighted by atomic mass is 10.2. The van der Waals surface area contributed by atoms with Gasteiger partial charge in [-0.05, 0) is 37.6 Å². The zero-order valence-corrected chi connectivity index (χ0v) is 12.3. The van der Waals surface area contributed by atoms with Gasteiger partial charge in [0, 0.05) is 29.9 Å². The molecule has 3 heteroatoms. The van der Waals surface area contributed by atoms with E-state index in [0.29, 0.717) is 0 Å². The molecule has 2 nitrogen and oxygen atoms in total. The third-order valence-electron chi connectivity index (χ3n) is 2.90. The summed E-state index contributed by atoms with van der Waals surface area (Å²) in [6.45, 7) is 6.15. The van der Waals surface area contributed by atoms with Crippen LogP contribution in [0.25, 0.3) is 0 Å². The van der Waals surface area contributed by atoms with Gasteiger partial charge in [-0.1, -0.05) is 23.8 Å². The summed E-state index contributed by atoms with van der Waals surface area (Å²) in [6.07, 6.45) is 1.83. The fourth-order valence-corrected chi connectivity index (χ4v) is 2.83. The second kappa shape index (κ2) is 7.31. The molecule has 0 aliphatic heterocycles. The van der Waals surface area contributed by atoms with E-state index >= 15 is 0 Å². The van der Waals surface area contributed by atoms with Crippen LogP contribution in [0.5, 0.6) is 0 Å². The number of nitrogens with one attached hydrogen (secondary N) is 1. The Balaban J connectivity index is 1.69. The number of benzene rings is 1. The fourth-order valence-electron chi connectivity index (χ4n) is 1.91. The minimum Gasteiger partial charge on any atom is -0.310 e. The van der Waals surface area contributed by atoms with Crippen molar-refractivity contribution in [2.75, 3.05) is 12.3 Å². The highest BCUT2D eigenvalue weighted by Crippen LogP contribution is 2.22. The number of rotatable bonds is 6. The molecule has 2 aromatic rings. The predicted molar refractivity (Wildman–Crippen MR) is 82.6 cm³/mol. The first-order valence-electron chi connectivity index (χ1n) is 6.56. The highest BCUT2D eigenvalue weighted by molar-refractivity contribution is 7.99. The summed E-state index contributed by atoms with van der Waals surface area (Å²) in [6, 6.07) is 12.6. The van der Waals surface area contributed by atoms with Gasteiger partial charge in [0.2, 0.25) is 0 Å². The molecule has 1 aromatic heterocycles. The highest BCUT2D eigenvalue weighted by Gasteiger charge is 1.99. The van der Waals surface area contributed by atoms with Crippen molar-refractivity contribution in [3.05, 3.63) is 59.4 Å². The molecule has 0 aliphatic rings. The standard InChI is InChI=1S/C16H20N2S/c1-13-6-7-16(14(2)11-13)19-10-9-17-12-15-5-3-4-8-18-15/h3-8,11,17H,9-10,12H2,1-2H3. The lowest BCUT2D eigenvalue weighted by molar-refractivity contribution is 0.715. The molecule has 0 unspecified atom stereocenters. The number of aromatic nitrogens is 1.